The minimum atomic E-state index is 0.359. The highest BCUT2D eigenvalue weighted by molar-refractivity contribution is 7.80. The Kier molecular flexibility index (Phi) is 6.06. The van der Waals surface area contributed by atoms with E-state index >= 15 is 0 Å². The Morgan fingerprint density at radius 1 is 1.50 bits per heavy atom. The largest absolute Gasteiger partial charge is 0.376 e. The zero-order valence-electron chi connectivity index (χ0n) is 10.7. The average Bonchev–Trinajstić information content (AvgIpc) is 2.27. The standard InChI is InChI=1S/C12H24N2OS/c1-10(2)8-13-12(16)14(3)9-11-6-4-5-7-15-11/h10-11H,4-9H2,1-3H3,(H,13,16). The SMILES string of the molecule is CC(C)CNC(=S)N(C)CC1CCCCO1. The van der Waals surface area contributed by atoms with E-state index in [-0.39, 0.29) is 0 Å². The van der Waals surface area contributed by atoms with Crippen LogP contribution in [0, 0.1) is 5.92 Å². The van der Waals surface area contributed by atoms with Gasteiger partial charge in [-0.2, -0.15) is 0 Å². The number of thiocarbonyl (C=S) groups is 1. The molecule has 1 fully saturated rings. The van der Waals surface area contributed by atoms with Crippen LogP contribution in [0.25, 0.3) is 0 Å². The molecule has 1 saturated heterocycles. The molecule has 0 radical (unpaired) electrons. The van der Waals surface area contributed by atoms with Gasteiger partial charge in [-0.25, -0.2) is 0 Å². The topological polar surface area (TPSA) is 24.5 Å². The highest BCUT2D eigenvalue weighted by Crippen LogP contribution is 2.13. The lowest BCUT2D eigenvalue weighted by Crippen LogP contribution is -2.43. The maximum absolute atomic E-state index is 5.70. The molecule has 1 rings (SSSR count). The van der Waals surface area contributed by atoms with Crippen molar-refractivity contribution in [1.82, 2.24) is 10.2 Å². The van der Waals surface area contributed by atoms with Gasteiger partial charge in [0.2, 0.25) is 0 Å². The van der Waals surface area contributed by atoms with Crippen molar-refractivity contribution in [1.29, 1.82) is 0 Å². The van der Waals surface area contributed by atoms with Gasteiger partial charge in [0.25, 0.3) is 0 Å². The third-order valence-electron chi connectivity index (χ3n) is 2.76. The van der Waals surface area contributed by atoms with Crippen LogP contribution in [-0.4, -0.2) is 42.9 Å². The van der Waals surface area contributed by atoms with Crippen molar-refractivity contribution in [3.63, 3.8) is 0 Å². The van der Waals surface area contributed by atoms with E-state index in [0.29, 0.717) is 12.0 Å². The van der Waals surface area contributed by atoms with Gasteiger partial charge in [-0.15, -0.1) is 0 Å². The Labute approximate surface area is 105 Å². The van der Waals surface area contributed by atoms with Crippen LogP contribution in [0.2, 0.25) is 0 Å². The molecule has 0 saturated carbocycles. The number of ether oxygens (including phenoxy) is 1. The van der Waals surface area contributed by atoms with Crippen molar-refractivity contribution in [2.24, 2.45) is 5.92 Å². The Morgan fingerprint density at radius 2 is 2.25 bits per heavy atom. The summed E-state index contributed by atoms with van der Waals surface area (Å²) in [6.45, 7) is 7.11. The Hall–Kier alpha value is -0.350. The van der Waals surface area contributed by atoms with Gasteiger partial charge in [0.05, 0.1) is 6.10 Å². The maximum Gasteiger partial charge on any atom is 0.168 e. The predicted octanol–water partition coefficient (Wildman–Crippen LogP) is 2.02. The van der Waals surface area contributed by atoms with E-state index < -0.39 is 0 Å². The summed E-state index contributed by atoms with van der Waals surface area (Å²) in [6, 6.07) is 0. The lowest BCUT2D eigenvalue weighted by atomic mass is 10.1. The van der Waals surface area contributed by atoms with Gasteiger partial charge in [0, 0.05) is 26.7 Å². The van der Waals surface area contributed by atoms with E-state index in [1.807, 2.05) is 7.05 Å². The second kappa shape index (κ2) is 7.07. The van der Waals surface area contributed by atoms with Crippen molar-refractivity contribution in [3.8, 4) is 0 Å². The molecule has 0 aromatic heterocycles. The van der Waals surface area contributed by atoms with Crippen LogP contribution in [0.15, 0.2) is 0 Å². The van der Waals surface area contributed by atoms with Crippen molar-refractivity contribution >= 4 is 17.3 Å². The smallest absolute Gasteiger partial charge is 0.168 e. The van der Waals surface area contributed by atoms with Crippen LogP contribution < -0.4 is 5.32 Å². The number of hydrogen-bond acceptors (Lipinski definition) is 2. The average molecular weight is 244 g/mol. The molecule has 0 aromatic carbocycles. The predicted molar refractivity (Wildman–Crippen MR) is 71.7 cm³/mol. The molecule has 3 nitrogen and oxygen atoms in total. The molecule has 94 valence electrons. The van der Waals surface area contributed by atoms with E-state index in [0.717, 1.165) is 31.2 Å². The third kappa shape index (κ3) is 5.12. The Morgan fingerprint density at radius 3 is 2.81 bits per heavy atom. The third-order valence-corrected chi connectivity index (χ3v) is 3.22. The fraction of sp³-hybridized carbons (Fsp3) is 0.917. The van der Waals surface area contributed by atoms with Crippen LogP contribution in [-0.2, 0) is 4.74 Å². The monoisotopic (exact) mass is 244 g/mol. The normalized spacial score (nSPS) is 20.9. The summed E-state index contributed by atoms with van der Waals surface area (Å²) in [6.07, 6.45) is 4.01. The number of likely N-dealkylation sites (N-methyl/N-ethyl adjacent to an activating group) is 1. The molecule has 1 heterocycles. The molecule has 0 aromatic rings. The van der Waals surface area contributed by atoms with Crippen LogP contribution in [0.4, 0.5) is 0 Å². The van der Waals surface area contributed by atoms with Gasteiger partial charge in [-0.05, 0) is 37.4 Å². The van der Waals surface area contributed by atoms with E-state index in [4.69, 9.17) is 17.0 Å². The van der Waals surface area contributed by atoms with Crippen molar-refractivity contribution in [3.05, 3.63) is 0 Å². The van der Waals surface area contributed by atoms with Crippen LogP contribution >= 0.6 is 12.2 Å². The summed E-state index contributed by atoms with van der Waals surface area (Å²) < 4.78 is 5.70. The molecular weight excluding hydrogens is 220 g/mol. The van der Waals surface area contributed by atoms with E-state index in [1.165, 1.54) is 12.8 Å². The summed E-state index contributed by atoms with van der Waals surface area (Å²) in [5.74, 6) is 0.622. The van der Waals surface area contributed by atoms with E-state index in [9.17, 15) is 0 Å². The van der Waals surface area contributed by atoms with Gasteiger partial charge in [-0.1, -0.05) is 13.8 Å². The molecule has 16 heavy (non-hydrogen) atoms. The molecular formula is C12H24N2OS. The second-order valence-electron chi connectivity index (χ2n) is 4.95. The van der Waals surface area contributed by atoms with Crippen LogP contribution in [0.3, 0.4) is 0 Å². The summed E-state index contributed by atoms with van der Waals surface area (Å²) in [5.41, 5.74) is 0. The molecule has 1 N–H and O–H groups in total. The number of nitrogens with one attached hydrogen (secondary N) is 1. The Bertz CT molecular complexity index is 215. The molecule has 1 aliphatic heterocycles. The number of rotatable bonds is 4. The molecule has 0 spiro atoms. The first-order valence-electron chi connectivity index (χ1n) is 6.20. The second-order valence-corrected chi connectivity index (χ2v) is 5.34. The summed E-state index contributed by atoms with van der Waals surface area (Å²) in [7, 11) is 2.04. The lowest BCUT2D eigenvalue weighted by Gasteiger charge is -2.29. The first-order valence-corrected chi connectivity index (χ1v) is 6.61. The van der Waals surface area contributed by atoms with Gasteiger partial charge >= 0.3 is 0 Å². The van der Waals surface area contributed by atoms with Gasteiger partial charge < -0.3 is 15.0 Å². The van der Waals surface area contributed by atoms with Crippen molar-refractivity contribution in [2.45, 2.75) is 39.2 Å². The zero-order valence-corrected chi connectivity index (χ0v) is 11.5. The first-order chi connectivity index (χ1) is 7.59. The molecule has 4 heteroatoms. The summed E-state index contributed by atoms with van der Waals surface area (Å²) in [4.78, 5) is 2.09. The quantitative estimate of drug-likeness (QED) is 0.765. The maximum atomic E-state index is 5.70. The lowest BCUT2D eigenvalue weighted by molar-refractivity contribution is 0.00707. The van der Waals surface area contributed by atoms with Gasteiger partial charge in [0.15, 0.2) is 5.11 Å². The Balaban J connectivity index is 2.21. The highest BCUT2D eigenvalue weighted by atomic mass is 32.1. The first kappa shape index (κ1) is 13.7. The fourth-order valence-electron chi connectivity index (χ4n) is 1.77. The summed E-state index contributed by atoms with van der Waals surface area (Å²) in [5, 5.41) is 4.11. The molecule has 0 bridgehead atoms. The molecule has 1 aliphatic rings. The summed E-state index contributed by atoms with van der Waals surface area (Å²) >= 11 is 5.32. The minimum absolute atomic E-state index is 0.359. The molecule has 1 unspecified atom stereocenters. The van der Waals surface area contributed by atoms with Crippen LogP contribution in [0.5, 0.6) is 0 Å². The number of nitrogens with zero attached hydrogens (tertiary/aromatic N) is 1. The van der Waals surface area contributed by atoms with Gasteiger partial charge in [-0.3, -0.25) is 0 Å². The molecule has 0 amide bonds. The van der Waals surface area contributed by atoms with E-state index in [2.05, 4.69) is 24.1 Å². The van der Waals surface area contributed by atoms with Crippen LogP contribution in [0.1, 0.15) is 33.1 Å². The number of hydrogen-bond donors (Lipinski definition) is 1. The van der Waals surface area contributed by atoms with Gasteiger partial charge in [0.1, 0.15) is 0 Å². The van der Waals surface area contributed by atoms with Crippen molar-refractivity contribution < 1.29 is 4.74 Å². The minimum Gasteiger partial charge on any atom is -0.376 e. The zero-order chi connectivity index (χ0) is 12.0. The molecule has 0 aliphatic carbocycles. The molecule has 1 atom stereocenters. The van der Waals surface area contributed by atoms with Crippen molar-refractivity contribution in [2.75, 3.05) is 26.7 Å². The van der Waals surface area contributed by atoms with E-state index in [1.54, 1.807) is 0 Å². The fourth-order valence-corrected chi connectivity index (χ4v) is 1.92. The highest BCUT2D eigenvalue weighted by Gasteiger charge is 2.16.